The van der Waals surface area contributed by atoms with E-state index >= 15 is 0 Å². The fourth-order valence-corrected chi connectivity index (χ4v) is 2.64. The zero-order valence-electron chi connectivity index (χ0n) is 10.8. The summed E-state index contributed by atoms with van der Waals surface area (Å²) in [5.41, 5.74) is 3.39. The van der Waals surface area contributed by atoms with Gasteiger partial charge in [0.15, 0.2) is 0 Å². The Kier molecular flexibility index (Phi) is 2.56. The van der Waals surface area contributed by atoms with Gasteiger partial charge in [-0.25, -0.2) is 0 Å². The van der Waals surface area contributed by atoms with E-state index in [0.717, 1.165) is 22.3 Å². The Morgan fingerprint density at radius 1 is 1.11 bits per heavy atom. The van der Waals surface area contributed by atoms with Crippen LogP contribution in [-0.2, 0) is 4.79 Å². The summed E-state index contributed by atoms with van der Waals surface area (Å²) in [5, 5.41) is 9.59. The molecule has 3 rings (SSSR count). The van der Waals surface area contributed by atoms with Gasteiger partial charge in [-0.1, -0.05) is 30.3 Å². The molecule has 1 aliphatic heterocycles. The molecule has 1 aliphatic rings. The van der Waals surface area contributed by atoms with Crippen molar-refractivity contribution in [3.05, 3.63) is 58.7 Å². The van der Waals surface area contributed by atoms with Gasteiger partial charge in [0.05, 0.1) is 0 Å². The van der Waals surface area contributed by atoms with Crippen molar-refractivity contribution in [1.82, 2.24) is 0 Å². The quantitative estimate of drug-likeness (QED) is 0.845. The normalized spacial score (nSPS) is 16.2. The van der Waals surface area contributed by atoms with Gasteiger partial charge in [-0.2, -0.15) is 0 Å². The molecule has 96 valence electrons. The number of carboxylic acids is 1. The van der Waals surface area contributed by atoms with Crippen LogP contribution in [0.1, 0.15) is 28.2 Å². The molecule has 0 saturated carbocycles. The molecule has 2 aromatic carbocycles. The first-order chi connectivity index (χ1) is 9.09. The first-order valence-electron chi connectivity index (χ1n) is 6.19. The lowest BCUT2D eigenvalue weighted by Crippen LogP contribution is -2.20. The molecule has 0 aliphatic carbocycles. The minimum absolute atomic E-state index is 0.635. The minimum Gasteiger partial charge on any atom is -0.481 e. The van der Waals surface area contributed by atoms with Crippen LogP contribution in [0.3, 0.4) is 0 Å². The molecule has 0 saturated heterocycles. The monoisotopic (exact) mass is 254 g/mol. The van der Waals surface area contributed by atoms with E-state index in [2.05, 4.69) is 0 Å². The predicted molar refractivity (Wildman–Crippen MR) is 71.9 cm³/mol. The minimum atomic E-state index is -0.842. The van der Waals surface area contributed by atoms with E-state index in [9.17, 15) is 9.90 Å². The molecule has 1 atom stereocenters. The Hall–Kier alpha value is -2.29. The van der Waals surface area contributed by atoms with Gasteiger partial charge >= 0.3 is 5.97 Å². The van der Waals surface area contributed by atoms with Crippen LogP contribution in [0.25, 0.3) is 0 Å². The van der Waals surface area contributed by atoms with Gasteiger partial charge in [0.25, 0.3) is 0 Å². The second-order valence-electron chi connectivity index (χ2n) is 4.85. The van der Waals surface area contributed by atoms with Crippen LogP contribution in [0.2, 0.25) is 0 Å². The van der Waals surface area contributed by atoms with Crippen LogP contribution in [0, 0.1) is 13.8 Å². The van der Waals surface area contributed by atoms with E-state index in [1.807, 2.05) is 50.2 Å². The van der Waals surface area contributed by atoms with E-state index in [-0.39, 0.29) is 0 Å². The number of para-hydroxylation sites is 1. The van der Waals surface area contributed by atoms with Crippen LogP contribution in [0.4, 0.5) is 0 Å². The third-order valence-electron chi connectivity index (χ3n) is 3.59. The Morgan fingerprint density at radius 2 is 1.79 bits per heavy atom. The lowest BCUT2D eigenvalue weighted by molar-refractivity contribution is -0.137. The van der Waals surface area contributed by atoms with Gasteiger partial charge < -0.3 is 9.84 Å². The zero-order chi connectivity index (χ0) is 13.6. The number of hydrogen-bond acceptors (Lipinski definition) is 2. The van der Waals surface area contributed by atoms with E-state index in [1.54, 1.807) is 0 Å². The number of ether oxygens (including phenoxy) is 1. The van der Waals surface area contributed by atoms with Crippen molar-refractivity contribution >= 4 is 5.97 Å². The van der Waals surface area contributed by atoms with Crippen molar-refractivity contribution < 1.29 is 14.6 Å². The maximum Gasteiger partial charge on any atom is 0.315 e. The molecular formula is C16H14O3. The number of rotatable bonds is 1. The summed E-state index contributed by atoms with van der Waals surface area (Å²) in [4.78, 5) is 11.7. The summed E-state index contributed by atoms with van der Waals surface area (Å²) in [7, 11) is 0. The van der Waals surface area contributed by atoms with Gasteiger partial charge in [-0.05, 0) is 31.0 Å². The molecular weight excluding hydrogens is 240 g/mol. The first kappa shape index (κ1) is 11.8. The molecule has 19 heavy (non-hydrogen) atoms. The highest BCUT2D eigenvalue weighted by molar-refractivity contribution is 5.84. The third kappa shape index (κ3) is 1.70. The van der Waals surface area contributed by atoms with Crippen LogP contribution >= 0.6 is 0 Å². The van der Waals surface area contributed by atoms with E-state index in [0.29, 0.717) is 11.5 Å². The number of hydrogen-bond donors (Lipinski definition) is 1. The highest BCUT2D eigenvalue weighted by Gasteiger charge is 2.34. The maximum absolute atomic E-state index is 11.7. The fourth-order valence-electron chi connectivity index (χ4n) is 2.64. The molecule has 0 fully saturated rings. The van der Waals surface area contributed by atoms with Crippen molar-refractivity contribution in [2.75, 3.05) is 0 Å². The largest absolute Gasteiger partial charge is 0.481 e. The SMILES string of the molecule is Cc1ccc(C)c2c1Oc1ccccc1[C@@H]2C(=O)O. The van der Waals surface area contributed by atoms with Crippen molar-refractivity contribution in [2.24, 2.45) is 0 Å². The Bertz CT molecular complexity index is 674. The molecule has 0 amide bonds. The molecule has 1 heterocycles. The Balaban J connectivity index is 2.32. The highest BCUT2D eigenvalue weighted by atomic mass is 16.5. The number of carboxylic acid groups (broad SMARTS) is 1. The molecule has 0 spiro atoms. The topological polar surface area (TPSA) is 46.5 Å². The standard InChI is InChI=1S/C16H14O3/c1-9-7-8-10(2)15-13(9)14(16(17)18)11-5-3-4-6-12(11)19-15/h3-8,14H,1-2H3,(H,17,18)/t14-/m0/s1. The number of aryl methyl sites for hydroxylation is 2. The summed E-state index contributed by atoms with van der Waals surface area (Å²) in [6.45, 7) is 3.86. The number of benzene rings is 2. The van der Waals surface area contributed by atoms with E-state index in [1.165, 1.54) is 0 Å². The Labute approximate surface area is 111 Å². The second-order valence-corrected chi connectivity index (χ2v) is 4.85. The van der Waals surface area contributed by atoms with Crippen molar-refractivity contribution in [1.29, 1.82) is 0 Å². The van der Waals surface area contributed by atoms with Crippen molar-refractivity contribution in [2.45, 2.75) is 19.8 Å². The van der Waals surface area contributed by atoms with Crippen molar-refractivity contribution in [3.63, 3.8) is 0 Å². The third-order valence-corrected chi connectivity index (χ3v) is 3.59. The Morgan fingerprint density at radius 3 is 2.53 bits per heavy atom. The van der Waals surface area contributed by atoms with Gasteiger partial charge in [0.2, 0.25) is 0 Å². The molecule has 0 bridgehead atoms. The molecule has 1 N–H and O–H groups in total. The van der Waals surface area contributed by atoms with E-state index in [4.69, 9.17) is 4.74 Å². The molecule has 0 aromatic heterocycles. The maximum atomic E-state index is 11.7. The summed E-state index contributed by atoms with van der Waals surface area (Å²) < 4.78 is 5.91. The molecule has 0 radical (unpaired) electrons. The predicted octanol–water partition coefficient (Wildman–Crippen LogP) is 3.63. The second kappa shape index (κ2) is 4.12. The highest BCUT2D eigenvalue weighted by Crippen LogP contribution is 2.46. The van der Waals surface area contributed by atoms with Gasteiger partial charge in [-0.15, -0.1) is 0 Å². The zero-order valence-corrected chi connectivity index (χ0v) is 10.8. The van der Waals surface area contributed by atoms with Gasteiger partial charge in [0.1, 0.15) is 17.4 Å². The van der Waals surface area contributed by atoms with Crippen LogP contribution in [0.5, 0.6) is 11.5 Å². The lowest BCUT2D eigenvalue weighted by atomic mass is 9.84. The van der Waals surface area contributed by atoms with Crippen LogP contribution in [0.15, 0.2) is 36.4 Å². The lowest BCUT2D eigenvalue weighted by Gasteiger charge is -2.28. The molecule has 3 heteroatoms. The molecule has 0 unspecified atom stereocenters. The summed E-state index contributed by atoms with van der Waals surface area (Å²) in [6, 6.07) is 11.2. The summed E-state index contributed by atoms with van der Waals surface area (Å²) in [6.07, 6.45) is 0. The number of fused-ring (bicyclic) bond motifs is 2. The van der Waals surface area contributed by atoms with E-state index < -0.39 is 11.9 Å². The van der Waals surface area contributed by atoms with Gasteiger partial charge in [-0.3, -0.25) is 4.79 Å². The number of aliphatic carboxylic acids is 1. The fraction of sp³-hybridized carbons (Fsp3) is 0.188. The summed E-state index contributed by atoms with van der Waals surface area (Å²) >= 11 is 0. The van der Waals surface area contributed by atoms with Gasteiger partial charge in [0, 0.05) is 11.1 Å². The molecule has 2 aromatic rings. The average molecular weight is 254 g/mol. The number of carbonyl (C=O) groups is 1. The van der Waals surface area contributed by atoms with Crippen LogP contribution < -0.4 is 4.74 Å². The average Bonchev–Trinajstić information content (AvgIpc) is 2.40. The first-order valence-corrected chi connectivity index (χ1v) is 6.19. The summed E-state index contributed by atoms with van der Waals surface area (Å²) in [5.74, 6) is -0.173. The molecule has 3 nitrogen and oxygen atoms in total. The van der Waals surface area contributed by atoms with Crippen LogP contribution in [-0.4, -0.2) is 11.1 Å². The smallest absolute Gasteiger partial charge is 0.315 e. The van der Waals surface area contributed by atoms with Crippen molar-refractivity contribution in [3.8, 4) is 11.5 Å².